The number of amides is 1. The highest BCUT2D eigenvalue weighted by molar-refractivity contribution is 6.04. The normalized spacial score (nSPS) is 10.1. The predicted molar refractivity (Wildman–Crippen MR) is 73.8 cm³/mol. The number of nitrogens with one attached hydrogen (secondary N) is 1. The van der Waals surface area contributed by atoms with E-state index in [4.69, 9.17) is 10.2 Å². The van der Waals surface area contributed by atoms with Crippen LogP contribution in [0.3, 0.4) is 0 Å². The molecule has 0 aromatic heterocycles. The molecule has 0 radical (unpaired) electrons. The van der Waals surface area contributed by atoms with Crippen molar-refractivity contribution in [3.8, 4) is 5.75 Å². The first-order valence-electron chi connectivity index (χ1n) is 6.06. The van der Waals surface area contributed by atoms with Crippen LogP contribution in [0.2, 0.25) is 0 Å². The lowest BCUT2D eigenvalue weighted by atomic mass is 10.1. The van der Waals surface area contributed by atoms with Crippen LogP contribution in [0.15, 0.2) is 42.5 Å². The molecule has 6 heteroatoms. The van der Waals surface area contributed by atoms with Crippen LogP contribution in [0.1, 0.15) is 15.9 Å². The van der Waals surface area contributed by atoms with Gasteiger partial charge in [0.05, 0.1) is 12.0 Å². The fraction of sp³-hybridized carbons (Fsp3) is 0.0667. The van der Waals surface area contributed by atoms with E-state index in [-0.39, 0.29) is 17.7 Å². The Labute approximate surface area is 119 Å². The topological polar surface area (TPSA) is 86.6 Å². The minimum Gasteiger partial charge on any atom is -0.508 e. The van der Waals surface area contributed by atoms with Crippen molar-refractivity contribution in [2.75, 3.05) is 5.32 Å². The van der Waals surface area contributed by atoms with Crippen LogP contribution in [0.4, 0.5) is 10.1 Å². The molecule has 0 fully saturated rings. The fourth-order valence-corrected chi connectivity index (χ4v) is 1.77. The lowest BCUT2D eigenvalue weighted by molar-refractivity contribution is -0.136. The summed E-state index contributed by atoms with van der Waals surface area (Å²) in [6.07, 6.45) is -0.110. The molecule has 0 unspecified atom stereocenters. The number of anilines is 1. The number of rotatable bonds is 4. The molecular formula is C15H12FNO4. The molecule has 0 atom stereocenters. The van der Waals surface area contributed by atoms with Gasteiger partial charge in [-0.2, -0.15) is 0 Å². The number of benzene rings is 2. The molecule has 0 aliphatic rings. The van der Waals surface area contributed by atoms with E-state index in [1.54, 1.807) is 12.1 Å². The Morgan fingerprint density at radius 3 is 2.33 bits per heavy atom. The summed E-state index contributed by atoms with van der Waals surface area (Å²) in [5, 5.41) is 20.2. The maximum atomic E-state index is 13.5. The van der Waals surface area contributed by atoms with E-state index in [1.165, 1.54) is 24.3 Å². The molecule has 0 saturated heterocycles. The van der Waals surface area contributed by atoms with E-state index in [0.717, 1.165) is 6.07 Å². The van der Waals surface area contributed by atoms with E-state index in [0.29, 0.717) is 11.3 Å². The SMILES string of the molecule is O=C(O)Cc1ccc(NC(=O)c2ccc(O)cc2F)cc1. The van der Waals surface area contributed by atoms with Crippen LogP contribution in [0.25, 0.3) is 0 Å². The summed E-state index contributed by atoms with van der Waals surface area (Å²) in [7, 11) is 0. The van der Waals surface area contributed by atoms with Crippen LogP contribution >= 0.6 is 0 Å². The highest BCUT2D eigenvalue weighted by Gasteiger charge is 2.12. The number of halogens is 1. The number of phenols is 1. The Bertz CT molecular complexity index is 683. The molecule has 2 aromatic rings. The zero-order chi connectivity index (χ0) is 15.4. The number of hydrogen-bond acceptors (Lipinski definition) is 3. The van der Waals surface area contributed by atoms with Crippen molar-refractivity contribution in [1.29, 1.82) is 0 Å². The molecule has 1 amide bonds. The number of carboxylic acid groups (broad SMARTS) is 1. The molecular weight excluding hydrogens is 277 g/mol. The largest absolute Gasteiger partial charge is 0.508 e. The van der Waals surface area contributed by atoms with Crippen molar-refractivity contribution in [3.05, 3.63) is 59.4 Å². The van der Waals surface area contributed by atoms with E-state index in [2.05, 4.69) is 5.32 Å². The van der Waals surface area contributed by atoms with Crippen LogP contribution in [-0.4, -0.2) is 22.1 Å². The number of phenolic OH excluding ortho intramolecular Hbond substituents is 1. The summed E-state index contributed by atoms with van der Waals surface area (Å²) in [6, 6.07) is 9.45. The molecule has 5 nitrogen and oxygen atoms in total. The fourth-order valence-electron chi connectivity index (χ4n) is 1.77. The summed E-state index contributed by atoms with van der Waals surface area (Å²) in [5.41, 5.74) is 0.820. The molecule has 2 rings (SSSR count). The number of carbonyl (C=O) groups excluding carboxylic acids is 1. The van der Waals surface area contributed by atoms with Gasteiger partial charge in [0, 0.05) is 11.8 Å². The van der Waals surface area contributed by atoms with Gasteiger partial charge in [0.15, 0.2) is 0 Å². The summed E-state index contributed by atoms with van der Waals surface area (Å²) in [4.78, 5) is 22.4. The molecule has 3 N–H and O–H groups in total. The minimum atomic E-state index is -0.946. The highest BCUT2D eigenvalue weighted by atomic mass is 19.1. The molecule has 0 aliphatic carbocycles. The lowest BCUT2D eigenvalue weighted by Gasteiger charge is -2.07. The van der Waals surface area contributed by atoms with Gasteiger partial charge in [-0.15, -0.1) is 0 Å². The highest BCUT2D eigenvalue weighted by Crippen LogP contribution is 2.17. The molecule has 0 spiro atoms. The monoisotopic (exact) mass is 289 g/mol. The van der Waals surface area contributed by atoms with Crippen LogP contribution in [0, 0.1) is 5.82 Å². The van der Waals surface area contributed by atoms with Gasteiger partial charge in [0.25, 0.3) is 5.91 Å². The zero-order valence-electron chi connectivity index (χ0n) is 10.8. The Morgan fingerprint density at radius 2 is 1.76 bits per heavy atom. The average molecular weight is 289 g/mol. The quantitative estimate of drug-likeness (QED) is 0.806. The van der Waals surface area contributed by atoms with Gasteiger partial charge in [-0.1, -0.05) is 12.1 Å². The Hall–Kier alpha value is -2.89. The van der Waals surface area contributed by atoms with Crippen LogP contribution in [0.5, 0.6) is 5.75 Å². The van der Waals surface area contributed by atoms with Crippen molar-refractivity contribution in [1.82, 2.24) is 0 Å². The Kier molecular flexibility index (Phi) is 4.18. The number of carboxylic acids is 1. The second kappa shape index (κ2) is 6.04. The maximum Gasteiger partial charge on any atom is 0.307 e. The Balaban J connectivity index is 2.10. The van der Waals surface area contributed by atoms with Gasteiger partial charge in [0.1, 0.15) is 11.6 Å². The number of hydrogen-bond donors (Lipinski definition) is 3. The standard InChI is InChI=1S/C15H12FNO4/c16-13-8-11(18)5-6-12(13)15(21)17-10-3-1-9(2-4-10)7-14(19)20/h1-6,8,18H,7H2,(H,17,21)(H,19,20). The zero-order valence-corrected chi connectivity index (χ0v) is 10.8. The number of aliphatic carboxylic acids is 1. The summed E-state index contributed by atoms with van der Waals surface area (Å²) in [5.74, 6) is -2.69. The molecule has 108 valence electrons. The van der Waals surface area contributed by atoms with E-state index >= 15 is 0 Å². The summed E-state index contributed by atoms with van der Waals surface area (Å²) < 4.78 is 13.5. The van der Waals surface area contributed by atoms with Crippen LogP contribution < -0.4 is 5.32 Å². The molecule has 0 aliphatic heterocycles. The van der Waals surface area contributed by atoms with Crippen molar-refractivity contribution < 1.29 is 24.2 Å². The third-order valence-electron chi connectivity index (χ3n) is 2.76. The van der Waals surface area contributed by atoms with Gasteiger partial charge in [-0.05, 0) is 29.8 Å². The third-order valence-corrected chi connectivity index (χ3v) is 2.76. The van der Waals surface area contributed by atoms with E-state index in [9.17, 15) is 14.0 Å². The smallest absolute Gasteiger partial charge is 0.307 e. The summed E-state index contributed by atoms with van der Waals surface area (Å²) >= 11 is 0. The molecule has 2 aromatic carbocycles. The van der Waals surface area contributed by atoms with Crippen molar-refractivity contribution in [2.45, 2.75) is 6.42 Å². The second-order valence-corrected chi connectivity index (χ2v) is 4.39. The van der Waals surface area contributed by atoms with Gasteiger partial charge in [-0.3, -0.25) is 9.59 Å². The van der Waals surface area contributed by atoms with E-state index < -0.39 is 17.7 Å². The van der Waals surface area contributed by atoms with Gasteiger partial charge < -0.3 is 15.5 Å². The average Bonchev–Trinajstić information content (AvgIpc) is 2.40. The first-order valence-corrected chi connectivity index (χ1v) is 6.06. The van der Waals surface area contributed by atoms with Crippen LogP contribution in [-0.2, 0) is 11.2 Å². The minimum absolute atomic E-state index is 0.110. The van der Waals surface area contributed by atoms with Crippen molar-refractivity contribution >= 4 is 17.6 Å². The third kappa shape index (κ3) is 3.79. The Morgan fingerprint density at radius 1 is 1.10 bits per heavy atom. The lowest BCUT2D eigenvalue weighted by Crippen LogP contribution is -2.13. The van der Waals surface area contributed by atoms with Crippen molar-refractivity contribution in [2.24, 2.45) is 0 Å². The van der Waals surface area contributed by atoms with Gasteiger partial charge in [0.2, 0.25) is 0 Å². The van der Waals surface area contributed by atoms with Crippen molar-refractivity contribution in [3.63, 3.8) is 0 Å². The summed E-state index contributed by atoms with van der Waals surface area (Å²) in [6.45, 7) is 0. The molecule has 0 heterocycles. The molecule has 21 heavy (non-hydrogen) atoms. The first-order chi connectivity index (χ1) is 9.95. The molecule has 0 saturated carbocycles. The number of carbonyl (C=O) groups is 2. The first kappa shape index (κ1) is 14.5. The number of aromatic hydroxyl groups is 1. The van der Waals surface area contributed by atoms with Gasteiger partial charge in [-0.25, -0.2) is 4.39 Å². The second-order valence-electron chi connectivity index (χ2n) is 4.39. The predicted octanol–water partition coefficient (Wildman–Crippen LogP) is 2.41. The maximum absolute atomic E-state index is 13.5. The molecule has 0 bridgehead atoms. The van der Waals surface area contributed by atoms with E-state index in [1.807, 2.05) is 0 Å². The van der Waals surface area contributed by atoms with Gasteiger partial charge >= 0.3 is 5.97 Å².